The Bertz CT molecular complexity index is 530. The van der Waals surface area contributed by atoms with Crippen molar-refractivity contribution < 1.29 is 5.11 Å². The third-order valence-corrected chi connectivity index (χ3v) is 3.27. The topological polar surface area (TPSA) is 50.9 Å². The Morgan fingerprint density at radius 1 is 1.29 bits per heavy atom. The standard InChI is InChI=1S/C13H15N3O/c1-9-3-2-8-16-13(9)14-12(15-16)10-4-6-11(17)7-5-10/h4-7,9,17H,2-3,8H2,1H3. The summed E-state index contributed by atoms with van der Waals surface area (Å²) in [6, 6.07) is 7.03. The Labute approximate surface area is 99.9 Å². The average molecular weight is 229 g/mol. The van der Waals surface area contributed by atoms with Gasteiger partial charge in [-0.25, -0.2) is 9.67 Å². The van der Waals surface area contributed by atoms with Crippen LogP contribution in [0.3, 0.4) is 0 Å². The second kappa shape index (κ2) is 3.87. The Morgan fingerprint density at radius 3 is 2.76 bits per heavy atom. The fourth-order valence-corrected chi connectivity index (χ4v) is 2.29. The van der Waals surface area contributed by atoms with Gasteiger partial charge in [0.15, 0.2) is 5.82 Å². The van der Waals surface area contributed by atoms with Crippen LogP contribution in [0.1, 0.15) is 31.5 Å². The predicted molar refractivity (Wildman–Crippen MR) is 64.8 cm³/mol. The lowest BCUT2D eigenvalue weighted by molar-refractivity contribution is 0.432. The second-order valence-electron chi connectivity index (χ2n) is 4.61. The fourth-order valence-electron chi connectivity index (χ4n) is 2.29. The molecule has 0 amide bonds. The second-order valence-corrected chi connectivity index (χ2v) is 4.61. The maximum absolute atomic E-state index is 9.26. The quantitative estimate of drug-likeness (QED) is 0.817. The van der Waals surface area contributed by atoms with Crippen molar-refractivity contribution in [3.63, 3.8) is 0 Å². The molecule has 0 spiro atoms. The van der Waals surface area contributed by atoms with Gasteiger partial charge in [-0.3, -0.25) is 0 Å². The van der Waals surface area contributed by atoms with E-state index < -0.39 is 0 Å². The number of aryl methyl sites for hydroxylation is 1. The zero-order chi connectivity index (χ0) is 11.8. The van der Waals surface area contributed by atoms with E-state index in [0.717, 1.165) is 23.8 Å². The van der Waals surface area contributed by atoms with Gasteiger partial charge in [0.05, 0.1) is 0 Å². The molecule has 0 fully saturated rings. The highest BCUT2D eigenvalue weighted by Crippen LogP contribution is 2.27. The van der Waals surface area contributed by atoms with E-state index in [1.165, 1.54) is 12.8 Å². The number of nitrogens with zero attached hydrogens (tertiary/aromatic N) is 3. The van der Waals surface area contributed by atoms with Gasteiger partial charge >= 0.3 is 0 Å². The number of aromatic nitrogens is 3. The van der Waals surface area contributed by atoms with Gasteiger partial charge < -0.3 is 5.11 Å². The Balaban J connectivity index is 2.02. The molecule has 1 aliphatic heterocycles. The molecule has 3 rings (SSSR count). The molecule has 0 aliphatic carbocycles. The van der Waals surface area contributed by atoms with Crippen LogP contribution in [-0.4, -0.2) is 19.9 Å². The van der Waals surface area contributed by atoms with Crippen molar-refractivity contribution in [2.24, 2.45) is 0 Å². The molecule has 1 aliphatic rings. The van der Waals surface area contributed by atoms with Gasteiger partial charge in [-0.2, -0.15) is 5.10 Å². The maximum atomic E-state index is 9.26. The van der Waals surface area contributed by atoms with Crippen molar-refractivity contribution in [3.8, 4) is 17.1 Å². The number of benzene rings is 1. The first kappa shape index (κ1) is 10.3. The average Bonchev–Trinajstić information content (AvgIpc) is 2.75. The summed E-state index contributed by atoms with van der Waals surface area (Å²) in [6.07, 6.45) is 2.36. The van der Waals surface area contributed by atoms with E-state index in [4.69, 9.17) is 0 Å². The number of phenolic OH excluding ortho intramolecular Hbond substituents is 1. The molecular weight excluding hydrogens is 214 g/mol. The number of phenols is 1. The summed E-state index contributed by atoms with van der Waals surface area (Å²) >= 11 is 0. The van der Waals surface area contributed by atoms with Gasteiger partial charge in [0.1, 0.15) is 11.6 Å². The van der Waals surface area contributed by atoms with Crippen molar-refractivity contribution in [2.75, 3.05) is 0 Å². The SMILES string of the molecule is CC1CCCn2nc(-c3ccc(O)cc3)nc21. The molecule has 0 saturated heterocycles. The van der Waals surface area contributed by atoms with Crippen LogP contribution in [0.2, 0.25) is 0 Å². The fraction of sp³-hybridized carbons (Fsp3) is 0.385. The molecule has 0 radical (unpaired) electrons. The molecule has 0 saturated carbocycles. The largest absolute Gasteiger partial charge is 0.508 e. The molecule has 2 aromatic rings. The van der Waals surface area contributed by atoms with E-state index in [9.17, 15) is 5.11 Å². The van der Waals surface area contributed by atoms with Gasteiger partial charge in [0, 0.05) is 18.0 Å². The van der Waals surface area contributed by atoms with Crippen LogP contribution < -0.4 is 0 Å². The molecule has 1 unspecified atom stereocenters. The van der Waals surface area contributed by atoms with E-state index >= 15 is 0 Å². The Hall–Kier alpha value is -1.84. The highest BCUT2D eigenvalue weighted by Gasteiger charge is 2.20. The van der Waals surface area contributed by atoms with Crippen LogP contribution in [0.25, 0.3) is 11.4 Å². The molecule has 1 aromatic heterocycles. The minimum absolute atomic E-state index is 0.270. The van der Waals surface area contributed by atoms with Gasteiger partial charge in [-0.1, -0.05) is 6.92 Å². The van der Waals surface area contributed by atoms with Crippen molar-refractivity contribution >= 4 is 0 Å². The van der Waals surface area contributed by atoms with Crippen LogP contribution in [-0.2, 0) is 6.54 Å². The number of hydrogen-bond acceptors (Lipinski definition) is 3. The molecule has 4 nitrogen and oxygen atoms in total. The maximum Gasteiger partial charge on any atom is 0.181 e. The third-order valence-electron chi connectivity index (χ3n) is 3.27. The van der Waals surface area contributed by atoms with Crippen LogP contribution in [0.15, 0.2) is 24.3 Å². The summed E-state index contributed by atoms with van der Waals surface area (Å²) in [5.41, 5.74) is 0.955. The molecule has 88 valence electrons. The lowest BCUT2D eigenvalue weighted by Crippen LogP contribution is -2.14. The minimum atomic E-state index is 0.270. The summed E-state index contributed by atoms with van der Waals surface area (Å²) in [5.74, 6) is 2.60. The molecule has 1 aromatic carbocycles. The van der Waals surface area contributed by atoms with Gasteiger partial charge in [-0.05, 0) is 37.1 Å². The van der Waals surface area contributed by atoms with Crippen LogP contribution >= 0.6 is 0 Å². The van der Waals surface area contributed by atoms with E-state index in [2.05, 4.69) is 17.0 Å². The third kappa shape index (κ3) is 1.79. The number of aromatic hydroxyl groups is 1. The van der Waals surface area contributed by atoms with Crippen LogP contribution in [0, 0.1) is 0 Å². The lowest BCUT2D eigenvalue weighted by atomic mass is 10.0. The molecule has 17 heavy (non-hydrogen) atoms. The highest BCUT2D eigenvalue weighted by molar-refractivity contribution is 5.55. The van der Waals surface area contributed by atoms with E-state index in [1.807, 2.05) is 16.8 Å². The minimum Gasteiger partial charge on any atom is -0.508 e. The first-order chi connectivity index (χ1) is 8.24. The van der Waals surface area contributed by atoms with Crippen molar-refractivity contribution in [1.82, 2.24) is 14.8 Å². The van der Waals surface area contributed by atoms with Crippen molar-refractivity contribution in [2.45, 2.75) is 32.2 Å². The molecule has 1 N–H and O–H groups in total. The van der Waals surface area contributed by atoms with E-state index in [0.29, 0.717) is 5.92 Å². The van der Waals surface area contributed by atoms with Crippen LogP contribution in [0.4, 0.5) is 0 Å². The summed E-state index contributed by atoms with van der Waals surface area (Å²) in [6.45, 7) is 3.16. The van der Waals surface area contributed by atoms with Crippen molar-refractivity contribution in [3.05, 3.63) is 30.1 Å². The summed E-state index contributed by atoms with van der Waals surface area (Å²) < 4.78 is 2.01. The number of rotatable bonds is 1. The summed E-state index contributed by atoms with van der Waals surface area (Å²) in [7, 11) is 0. The predicted octanol–water partition coefficient (Wildman–Crippen LogP) is 2.55. The molecular formula is C13H15N3O. The van der Waals surface area contributed by atoms with Gasteiger partial charge in [0.2, 0.25) is 0 Å². The monoisotopic (exact) mass is 229 g/mol. The number of fused-ring (bicyclic) bond motifs is 1. The molecule has 4 heteroatoms. The molecule has 2 heterocycles. The molecule has 0 bridgehead atoms. The van der Waals surface area contributed by atoms with Gasteiger partial charge in [0.25, 0.3) is 0 Å². The highest BCUT2D eigenvalue weighted by atomic mass is 16.3. The van der Waals surface area contributed by atoms with E-state index in [1.54, 1.807) is 12.1 Å². The zero-order valence-electron chi connectivity index (χ0n) is 9.80. The van der Waals surface area contributed by atoms with E-state index in [-0.39, 0.29) is 5.75 Å². The number of hydrogen-bond donors (Lipinski definition) is 1. The summed E-state index contributed by atoms with van der Waals surface area (Å²) in [5, 5.41) is 13.8. The van der Waals surface area contributed by atoms with Crippen LogP contribution in [0.5, 0.6) is 5.75 Å². The zero-order valence-corrected chi connectivity index (χ0v) is 9.80. The molecule has 1 atom stereocenters. The normalized spacial score (nSPS) is 19.0. The first-order valence-corrected chi connectivity index (χ1v) is 5.98. The van der Waals surface area contributed by atoms with Gasteiger partial charge in [-0.15, -0.1) is 0 Å². The lowest BCUT2D eigenvalue weighted by Gasteiger charge is -2.17. The van der Waals surface area contributed by atoms with Crippen molar-refractivity contribution in [1.29, 1.82) is 0 Å². The Kier molecular flexibility index (Phi) is 2.35. The summed E-state index contributed by atoms with van der Waals surface area (Å²) in [4.78, 5) is 4.60. The smallest absolute Gasteiger partial charge is 0.181 e. The first-order valence-electron chi connectivity index (χ1n) is 5.98. The Morgan fingerprint density at radius 2 is 2.06 bits per heavy atom.